The number of nitrogens with one attached hydrogen (secondary N) is 3. The van der Waals surface area contributed by atoms with Crippen LogP contribution in [-0.4, -0.2) is 42.4 Å². The van der Waals surface area contributed by atoms with Gasteiger partial charge in [-0.25, -0.2) is 4.79 Å². The number of benzene rings is 2. The predicted molar refractivity (Wildman–Crippen MR) is 114 cm³/mol. The van der Waals surface area contributed by atoms with Crippen molar-refractivity contribution in [1.29, 1.82) is 0 Å². The molecule has 0 unspecified atom stereocenters. The molecule has 0 aliphatic rings. The second-order valence-corrected chi connectivity index (χ2v) is 6.63. The highest BCUT2D eigenvalue weighted by atomic mass is 16.2. The minimum absolute atomic E-state index is 0.00518. The minimum Gasteiger partial charge on any atom is -0.350 e. The summed E-state index contributed by atoms with van der Waals surface area (Å²) in [6, 6.07) is 14.1. The molecule has 0 aliphatic heterocycles. The molecular weight excluding hydrogens is 368 g/mol. The molecule has 0 radical (unpaired) electrons. The van der Waals surface area contributed by atoms with Crippen molar-refractivity contribution in [2.75, 3.05) is 25.0 Å². The first-order valence-corrected chi connectivity index (χ1v) is 9.69. The van der Waals surface area contributed by atoms with Gasteiger partial charge in [0.2, 0.25) is 5.91 Å². The van der Waals surface area contributed by atoms with Crippen LogP contribution in [0.3, 0.4) is 0 Å². The maximum Gasteiger partial charge on any atom is 0.319 e. The minimum atomic E-state index is -0.440. The van der Waals surface area contributed by atoms with Crippen LogP contribution in [0.2, 0.25) is 0 Å². The molecule has 0 bridgehead atoms. The van der Waals surface area contributed by atoms with Crippen LogP contribution < -0.4 is 16.0 Å². The van der Waals surface area contributed by atoms with Crippen molar-refractivity contribution in [3.8, 4) is 0 Å². The van der Waals surface area contributed by atoms with Gasteiger partial charge < -0.3 is 20.9 Å². The maximum atomic E-state index is 12.3. The second-order valence-electron chi connectivity index (χ2n) is 6.63. The molecule has 2 rings (SSSR count). The van der Waals surface area contributed by atoms with E-state index in [1.54, 1.807) is 23.1 Å². The molecule has 3 N–H and O–H groups in total. The summed E-state index contributed by atoms with van der Waals surface area (Å²) in [5.41, 5.74) is 3.20. The largest absolute Gasteiger partial charge is 0.350 e. The third-order valence-electron chi connectivity index (χ3n) is 4.43. The third-order valence-corrected chi connectivity index (χ3v) is 4.43. The molecule has 2 aromatic rings. The molecule has 0 aliphatic carbocycles. The number of urea groups is 1. The monoisotopic (exact) mass is 396 g/mol. The van der Waals surface area contributed by atoms with E-state index in [9.17, 15) is 14.4 Å². The van der Waals surface area contributed by atoms with Crippen molar-refractivity contribution < 1.29 is 14.4 Å². The van der Waals surface area contributed by atoms with Crippen LogP contribution in [0.5, 0.6) is 0 Å². The van der Waals surface area contributed by atoms with Crippen molar-refractivity contribution in [1.82, 2.24) is 15.5 Å². The first-order valence-electron chi connectivity index (χ1n) is 9.69. The zero-order valence-electron chi connectivity index (χ0n) is 17.1. The van der Waals surface area contributed by atoms with Crippen LogP contribution in [0.15, 0.2) is 48.5 Å². The molecule has 0 atom stereocenters. The fraction of sp³-hybridized carbons (Fsp3) is 0.318. The summed E-state index contributed by atoms with van der Waals surface area (Å²) in [5.74, 6) is -0.304. The van der Waals surface area contributed by atoms with Crippen LogP contribution in [0.1, 0.15) is 35.3 Å². The van der Waals surface area contributed by atoms with Gasteiger partial charge in [0, 0.05) is 30.9 Å². The molecule has 0 saturated heterocycles. The SMILES string of the molecule is CCN(CC)C(=O)c1ccc(CNC(=O)CNC(=O)Nc2cccc(C)c2)cc1. The predicted octanol–water partition coefficient (Wildman–Crippen LogP) is 2.91. The van der Waals surface area contributed by atoms with E-state index in [0.29, 0.717) is 30.9 Å². The molecule has 0 spiro atoms. The van der Waals surface area contributed by atoms with Gasteiger partial charge in [-0.2, -0.15) is 0 Å². The molecule has 154 valence electrons. The van der Waals surface area contributed by atoms with Crippen LogP contribution in [0.25, 0.3) is 0 Å². The number of nitrogens with zero attached hydrogens (tertiary/aromatic N) is 1. The lowest BCUT2D eigenvalue weighted by Crippen LogP contribution is -2.38. The molecule has 29 heavy (non-hydrogen) atoms. The first-order chi connectivity index (χ1) is 13.9. The summed E-state index contributed by atoms with van der Waals surface area (Å²) in [7, 11) is 0. The van der Waals surface area contributed by atoms with E-state index in [-0.39, 0.29) is 18.4 Å². The Balaban J connectivity index is 1.76. The third kappa shape index (κ3) is 6.95. The summed E-state index contributed by atoms with van der Waals surface area (Å²) in [6.45, 7) is 7.34. The summed E-state index contributed by atoms with van der Waals surface area (Å²) in [6.07, 6.45) is 0. The van der Waals surface area contributed by atoms with Gasteiger partial charge in [0.15, 0.2) is 0 Å². The van der Waals surface area contributed by atoms with Gasteiger partial charge in [-0.15, -0.1) is 0 Å². The number of anilines is 1. The highest BCUT2D eigenvalue weighted by molar-refractivity contribution is 5.94. The van der Waals surface area contributed by atoms with Crippen LogP contribution in [0, 0.1) is 6.92 Å². The summed E-state index contributed by atoms with van der Waals surface area (Å²) in [4.78, 5) is 37.9. The van der Waals surface area contributed by atoms with Gasteiger partial charge in [0.05, 0.1) is 6.54 Å². The van der Waals surface area contributed by atoms with Crippen molar-refractivity contribution in [2.45, 2.75) is 27.3 Å². The fourth-order valence-electron chi connectivity index (χ4n) is 2.78. The molecular formula is C22H28N4O3. The van der Waals surface area contributed by atoms with Crippen molar-refractivity contribution in [3.63, 3.8) is 0 Å². The van der Waals surface area contributed by atoms with E-state index in [1.165, 1.54) is 0 Å². The maximum absolute atomic E-state index is 12.3. The number of aryl methyl sites for hydroxylation is 1. The smallest absolute Gasteiger partial charge is 0.319 e. The molecule has 7 heteroatoms. The molecule has 0 aromatic heterocycles. The quantitative estimate of drug-likeness (QED) is 0.641. The zero-order valence-corrected chi connectivity index (χ0v) is 17.1. The Morgan fingerprint density at radius 3 is 2.24 bits per heavy atom. The van der Waals surface area contributed by atoms with E-state index in [0.717, 1.165) is 11.1 Å². The number of carbonyl (C=O) groups is 3. The highest BCUT2D eigenvalue weighted by Crippen LogP contribution is 2.09. The Morgan fingerprint density at radius 2 is 1.62 bits per heavy atom. The number of amides is 4. The Bertz CT molecular complexity index is 845. The normalized spacial score (nSPS) is 10.2. The van der Waals surface area contributed by atoms with Gasteiger partial charge in [0.25, 0.3) is 5.91 Å². The van der Waals surface area contributed by atoms with E-state index >= 15 is 0 Å². The summed E-state index contributed by atoms with van der Waals surface area (Å²) >= 11 is 0. The lowest BCUT2D eigenvalue weighted by molar-refractivity contribution is -0.120. The second kappa shape index (κ2) is 10.8. The number of rotatable bonds is 8. The van der Waals surface area contributed by atoms with Crippen molar-refractivity contribution in [3.05, 3.63) is 65.2 Å². The van der Waals surface area contributed by atoms with Crippen LogP contribution >= 0.6 is 0 Å². The van der Waals surface area contributed by atoms with Crippen LogP contribution in [0.4, 0.5) is 10.5 Å². The summed E-state index contributed by atoms with van der Waals surface area (Å²) in [5, 5.41) is 7.95. The number of carbonyl (C=O) groups excluding carboxylic acids is 3. The van der Waals surface area contributed by atoms with Gasteiger partial charge in [-0.3, -0.25) is 9.59 Å². The van der Waals surface area contributed by atoms with E-state index in [1.807, 2.05) is 51.1 Å². The van der Waals surface area contributed by atoms with Gasteiger partial charge in [-0.05, 0) is 56.2 Å². The highest BCUT2D eigenvalue weighted by Gasteiger charge is 2.12. The fourth-order valence-corrected chi connectivity index (χ4v) is 2.78. The van der Waals surface area contributed by atoms with E-state index in [4.69, 9.17) is 0 Å². The Kier molecular flexibility index (Phi) is 8.21. The lowest BCUT2D eigenvalue weighted by Gasteiger charge is -2.18. The molecule has 0 fully saturated rings. The van der Waals surface area contributed by atoms with E-state index < -0.39 is 6.03 Å². The van der Waals surface area contributed by atoms with Gasteiger partial charge in [0.1, 0.15) is 0 Å². The van der Waals surface area contributed by atoms with E-state index in [2.05, 4.69) is 16.0 Å². The zero-order chi connectivity index (χ0) is 21.2. The molecule has 0 heterocycles. The Hall–Kier alpha value is -3.35. The van der Waals surface area contributed by atoms with Gasteiger partial charge >= 0.3 is 6.03 Å². The average molecular weight is 396 g/mol. The van der Waals surface area contributed by atoms with Crippen molar-refractivity contribution in [2.24, 2.45) is 0 Å². The molecule has 0 saturated carbocycles. The lowest BCUT2D eigenvalue weighted by atomic mass is 10.1. The Labute approximate surface area is 171 Å². The molecule has 7 nitrogen and oxygen atoms in total. The van der Waals surface area contributed by atoms with Crippen molar-refractivity contribution >= 4 is 23.5 Å². The van der Waals surface area contributed by atoms with Gasteiger partial charge in [-0.1, -0.05) is 24.3 Å². The number of hydrogen-bond acceptors (Lipinski definition) is 3. The Morgan fingerprint density at radius 1 is 0.931 bits per heavy atom. The summed E-state index contributed by atoms with van der Waals surface area (Å²) < 4.78 is 0. The topological polar surface area (TPSA) is 90.5 Å². The van der Waals surface area contributed by atoms with Crippen LogP contribution in [-0.2, 0) is 11.3 Å². The average Bonchev–Trinajstić information content (AvgIpc) is 2.72. The standard InChI is InChI=1S/C22H28N4O3/c1-4-26(5-2)21(28)18-11-9-17(10-12-18)14-23-20(27)15-24-22(29)25-19-8-6-7-16(3)13-19/h6-13H,4-5,14-15H2,1-3H3,(H,23,27)(H2,24,25,29). The molecule has 2 aromatic carbocycles. The molecule has 4 amide bonds. The first kappa shape index (κ1) is 21.9. The number of hydrogen-bond donors (Lipinski definition) is 3.